The lowest BCUT2D eigenvalue weighted by Gasteiger charge is -2.13. The third-order valence-corrected chi connectivity index (χ3v) is 3.63. The first-order chi connectivity index (χ1) is 7.30. The highest BCUT2D eigenvalue weighted by Gasteiger charge is 2.18. The minimum atomic E-state index is -0.333. The van der Waals surface area contributed by atoms with Crippen LogP contribution in [0.5, 0.6) is 0 Å². The Bertz CT molecular complexity index is 368. The van der Waals surface area contributed by atoms with Crippen LogP contribution in [0, 0.1) is 0 Å². The zero-order valence-corrected chi connectivity index (χ0v) is 11.0. The fraction of sp³-hybridized carbons (Fsp3) is 0.636. The third kappa shape index (κ3) is 3.57. The summed E-state index contributed by atoms with van der Waals surface area (Å²) in [4.78, 5) is 16.3. The molecule has 0 aromatic carbocycles. The smallest absolute Gasteiger partial charge is 0.234 e. The van der Waals surface area contributed by atoms with E-state index in [-0.39, 0.29) is 17.4 Å². The van der Waals surface area contributed by atoms with Crippen molar-refractivity contribution in [1.82, 2.24) is 10.3 Å². The number of carbonyl (C=O) groups is 1. The van der Waals surface area contributed by atoms with Gasteiger partial charge in [0.1, 0.15) is 0 Å². The second kappa shape index (κ2) is 4.93. The minimum Gasteiger partial charge on any atom is -0.368 e. The summed E-state index contributed by atoms with van der Waals surface area (Å²) in [5.41, 5.74) is 5.24. The van der Waals surface area contributed by atoms with Crippen LogP contribution in [-0.4, -0.2) is 16.9 Å². The van der Waals surface area contributed by atoms with Crippen molar-refractivity contribution in [3.8, 4) is 0 Å². The predicted octanol–water partition coefficient (Wildman–Crippen LogP) is 1.40. The number of primary amides is 1. The van der Waals surface area contributed by atoms with Crippen molar-refractivity contribution in [2.24, 2.45) is 5.73 Å². The molecule has 0 radical (unpaired) electrons. The van der Waals surface area contributed by atoms with E-state index in [1.165, 1.54) is 0 Å². The summed E-state index contributed by atoms with van der Waals surface area (Å²) >= 11 is 1.67. The molecule has 0 bridgehead atoms. The molecule has 0 saturated heterocycles. The van der Waals surface area contributed by atoms with Gasteiger partial charge in [0, 0.05) is 23.0 Å². The Hall–Kier alpha value is -0.940. The number of hydrogen-bond acceptors (Lipinski definition) is 4. The molecule has 0 fully saturated rings. The summed E-state index contributed by atoms with van der Waals surface area (Å²) in [6, 6.07) is -0.305. The van der Waals surface area contributed by atoms with E-state index >= 15 is 0 Å². The number of nitrogens with two attached hydrogens (primary N) is 1. The Morgan fingerprint density at radius 3 is 2.69 bits per heavy atom. The Morgan fingerprint density at radius 2 is 2.25 bits per heavy atom. The van der Waals surface area contributed by atoms with Gasteiger partial charge in [0.2, 0.25) is 5.91 Å². The molecule has 0 saturated carbocycles. The average Bonchev–Trinajstić information content (AvgIpc) is 2.61. The standard InChI is InChI=1S/C11H19N3OS/c1-7(9(12)15)13-5-8-6-14-10(16-8)11(2,3)4/h6-7,13H,5H2,1-4H3,(H2,12,15). The van der Waals surface area contributed by atoms with Crippen molar-refractivity contribution < 1.29 is 4.79 Å². The molecule has 0 aliphatic heterocycles. The lowest BCUT2D eigenvalue weighted by molar-refractivity contribution is -0.119. The van der Waals surface area contributed by atoms with Crippen LogP contribution in [0.25, 0.3) is 0 Å². The van der Waals surface area contributed by atoms with Crippen molar-refractivity contribution in [3.63, 3.8) is 0 Å². The number of aromatic nitrogens is 1. The van der Waals surface area contributed by atoms with Gasteiger partial charge in [-0.05, 0) is 6.92 Å². The first-order valence-corrected chi connectivity index (χ1v) is 6.10. The molecular weight excluding hydrogens is 222 g/mol. The Kier molecular flexibility index (Phi) is 4.04. The monoisotopic (exact) mass is 241 g/mol. The van der Waals surface area contributed by atoms with E-state index in [9.17, 15) is 4.79 Å². The number of carbonyl (C=O) groups excluding carboxylic acids is 1. The lowest BCUT2D eigenvalue weighted by Crippen LogP contribution is -2.38. The quantitative estimate of drug-likeness (QED) is 0.837. The number of rotatable bonds is 4. The number of hydrogen-bond donors (Lipinski definition) is 2. The Labute approximate surface area is 100 Å². The summed E-state index contributed by atoms with van der Waals surface area (Å²) in [5.74, 6) is -0.333. The second-order valence-electron chi connectivity index (χ2n) is 4.89. The molecular formula is C11H19N3OS. The number of thiazole rings is 1. The number of nitrogens with one attached hydrogen (secondary N) is 1. The second-order valence-corrected chi connectivity index (χ2v) is 6.00. The van der Waals surface area contributed by atoms with Gasteiger partial charge in [0.15, 0.2) is 0 Å². The van der Waals surface area contributed by atoms with Crippen LogP contribution in [0.3, 0.4) is 0 Å². The van der Waals surface area contributed by atoms with Crippen molar-refractivity contribution in [2.75, 3.05) is 0 Å². The van der Waals surface area contributed by atoms with Gasteiger partial charge in [-0.15, -0.1) is 11.3 Å². The SMILES string of the molecule is CC(NCc1cnc(C(C)(C)C)s1)C(N)=O. The molecule has 1 aromatic rings. The maximum Gasteiger partial charge on any atom is 0.234 e. The van der Waals surface area contributed by atoms with E-state index in [0.29, 0.717) is 6.54 Å². The lowest BCUT2D eigenvalue weighted by atomic mass is 9.98. The predicted molar refractivity (Wildman–Crippen MR) is 66.3 cm³/mol. The maximum atomic E-state index is 10.8. The Balaban J connectivity index is 2.57. The summed E-state index contributed by atoms with van der Waals surface area (Å²) in [6.45, 7) is 8.80. The molecule has 0 aliphatic rings. The van der Waals surface area contributed by atoms with Crippen LogP contribution in [0.1, 0.15) is 37.6 Å². The van der Waals surface area contributed by atoms with Crippen LogP contribution < -0.4 is 11.1 Å². The molecule has 90 valence electrons. The highest BCUT2D eigenvalue weighted by atomic mass is 32.1. The van der Waals surface area contributed by atoms with Crippen LogP contribution in [0.2, 0.25) is 0 Å². The number of nitrogens with zero attached hydrogens (tertiary/aromatic N) is 1. The van der Waals surface area contributed by atoms with Crippen molar-refractivity contribution in [2.45, 2.75) is 45.7 Å². The van der Waals surface area contributed by atoms with Gasteiger partial charge in [0.05, 0.1) is 11.0 Å². The van der Waals surface area contributed by atoms with Gasteiger partial charge < -0.3 is 11.1 Å². The van der Waals surface area contributed by atoms with E-state index in [1.54, 1.807) is 18.3 Å². The van der Waals surface area contributed by atoms with Gasteiger partial charge in [-0.2, -0.15) is 0 Å². The number of amides is 1. The molecule has 5 heteroatoms. The third-order valence-electron chi connectivity index (χ3n) is 2.20. The summed E-state index contributed by atoms with van der Waals surface area (Å²) in [6.07, 6.45) is 1.85. The fourth-order valence-electron chi connectivity index (χ4n) is 1.09. The largest absolute Gasteiger partial charge is 0.368 e. The van der Waals surface area contributed by atoms with Gasteiger partial charge >= 0.3 is 0 Å². The van der Waals surface area contributed by atoms with Gasteiger partial charge in [0.25, 0.3) is 0 Å². The zero-order valence-electron chi connectivity index (χ0n) is 10.2. The first kappa shape index (κ1) is 13.1. The van der Waals surface area contributed by atoms with Crippen molar-refractivity contribution in [1.29, 1.82) is 0 Å². The first-order valence-electron chi connectivity index (χ1n) is 5.28. The van der Waals surface area contributed by atoms with Crippen LogP contribution in [0.15, 0.2) is 6.20 Å². The topological polar surface area (TPSA) is 68.0 Å². The van der Waals surface area contributed by atoms with E-state index in [2.05, 4.69) is 31.1 Å². The molecule has 16 heavy (non-hydrogen) atoms. The normalized spacial score (nSPS) is 13.8. The average molecular weight is 241 g/mol. The molecule has 3 N–H and O–H groups in total. The van der Waals surface area contributed by atoms with Crippen LogP contribution in [0.4, 0.5) is 0 Å². The highest BCUT2D eigenvalue weighted by Crippen LogP contribution is 2.26. The Morgan fingerprint density at radius 1 is 1.62 bits per heavy atom. The van der Waals surface area contributed by atoms with E-state index in [1.807, 2.05) is 6.20 Å². The summed E-state index contributed by atoms with van der Waals surface area (Å²) in [5, 5.41) is 4.17. The molecule has 4 nitrogen and oxygen atoms in total. The fourth-order valence-corrected chi connectivity index (χ4v) is 2.01. The van der Waals surface area contributed by atoms with Gasteiger partial charge in [-0.25, -0.2) is 4.98 Å². The van der Waals surface area contributed by atoms with Gasteiger partial charge in [-0.3, -0.25) is 4.79 Å². The maximum absolute atomic E-state index is 10.8. The molecule has 1 amide bonds. The highest BCUT2D eigenvalue weighted by molar-refractivity contribution is 7.11. The molecule has 0 aliphatic carbocycles. The van der Waals surface area contributed by atoms with E-state index < -0.39 is 0 Å². The summed E-state index contributed by atoms with van der Waals surface area (Å²) < 4.78 is 0. The summed E-state index contributed by atoms with van der Waals surface area (Å²) in [7, 11) is 0. The molecule has 1 aromatic heterocycles. The molecule has 1 heterocycles. The van der Waals surface area contributed by atoms with E-state index in [0.717, 1.165) is 9.88 Å². The minimum absolute atomic E-state index is 0.0816. The van der Waals surface area contributed by atoms with Crippen molar-refractivity contribution in [3.05, 3.63) is 16.1 Å². The molecule has 0 spiro atoms. The van der Waals surface area contributed by atoms with Gasteiger partial charge in [-0.1, -0.05) is 20.8 Å². The molecule has 1 rings (SSSR count). The van der Waals surface area contributed by atoms with E-state index in [4.69, 9.17) is 5.73 Å². The van der Waals surface area contributed by atoms with Crippen LogP contribution in [-0.2, 0) is 16.8 Å². The molecule has 1 atom stereocenters. The molecule has 1 unspecified atom stereocenters. The van der Waals surface area contributed by atoms with Crippen molar-refractivity contribution >= 4 is 17.2 Å². The zero-order chi connectivity index (χ0) is 12.3. The van der Waals surface area contributed by atoms with Crippen LogP contribution >= 0.6 is 11.3 Å².